The van der Waals surface area contributed by atoms with Crippen molar-refractivity contribution in [3.63, 3.8) is 0 Å². The van der Waals surface area contributed by atoms with Crippen molar-refractivity contribution in [1.82, 2.24) is 40.2 Å². The predicted octanol–water partition coefficient (Wildman–Crippen LogP) is -0.126. The first-order chi connectivity index (χ1) is 12.2. The Bertz CT molecular complexity index is 862. The fourth-order valence-corrected chi connectivity index (χ4v) is 2.43. The van der Waals surface area contributed by atoms with E-state index in [4.69, 9.17) is 0 Å². The molecule has 0 amide bonds. The average Bonchev–Trinajstić information content (AvgIpc) is 3.21. The molecule has 3 N–H and O–H groups in total. The van der Waals surface area contributed by atoms with E-state index in [0.29, 0.717) is 19.6 Å². The number of fused-ring (bicyclic) bond motifs is 1. The summed E-state index contributed by atoms with van der Waals surface area (Å²) in [5.74, 6) is 1.51. The van der Waals surface area contributed by atoms with Crippen LogP contribution in [0.1, 0.15) is 5.69 Å². The van der Waals surface area contributed by atoms with Crippen molar-refractivity contribution in [2.24, 2.45) is 19.1 Å². The molecule has 0 radical (unpaired) electrons. The Morgan fingerprint density at radius 2 is 2.00 bits per heavy atom. The second-order valence-corrected chi connectivity index (χ2v) is 5.45. The molecule has 10 heteroatoms. The summed E-state index contributed by atoms with van der Waals surface area (Å²) in [4.78, 5) is 12.7. The lowest BCUT2D eigenvalue weighted by molar-refractivity contribution is 0.685. The van der Waals surface area contributed by atoms with E-state index in [1.54, 1.807) is 24.1 Å². The molecule has 0 unspecified atom stereocenters. The van der Waals surface area contributed by atoms with Gasteiger partial charge in [0, 0.05) is 40.4 Å². The zero-order chi connectivity index (χ0) is 17.6. The highest BCUT2D eigenvalue weighted by molar-refractivity contribution is 5.86. The van der Waals surface area contributed by atoms with Gasteiger partial charge in [0.15, 0.2) is 11.6 Å². The lowest BCUT2D eigenvalue weighted by atomic mass is 10.4. The van der Waals surface area contributed by atoms with Crippen LogP contribution in [-0.4, -0.2) is 55.6 Å². The van der Waals surface area contributed by atoms with Crippen LogP contribution in [0.2, 0.25) is 0 Å². The third kappa shape index (κ3) is 3.84. The van der Waals surface area contributed by atoms with Gasteiger partial charge in [-0.2, -0.15) is 10.2 Å². The quantitative estimate of drug-likeness (QED) is 0.325. The number of aryl methyl sites for hydroxylation is 2. The summed E-state index contributed by atoms with van der Waals surface area (Å²) in [6.45, 7) is 2.04. The number of hydrogen-bond acceptors (Lipinski definition) is 6. The van der Waals surface area contributed by atoms with Gasteiger partial charge >= 0.3 is 0 Å². The molecule has 0 atom stereocenters. The zero-order valence-electron chi connectivity index (χ0n) is 14.6. The largest absolute Gasteiger partial charge is 0.368 e. The first kappa shape index (κ1) is 16.7. The molecule has 3 aromatic heterocycles. The Morgan fingerprint density at radius 3 is 2.76 bits per heavy atom. The van der Waals surface area contributed by atoms with Crippen LogP contribution in [0.15, 0.2) is 29.8 Å². The average molecular weight is 342 g/mol. The van der Waals surface area contributed by atoms with Crippen molar-refractivity contribution in [2.45, 2.75) is 6.54 Å². The van der Waals surface area contributed by atoms with Gasteiger partial charge in [-0.15, -0.1) is 0 Å². The van der Waals surface area contributed by atoms with Crippen LogP contribution in [0.3, 0.4) is 0 Å². The maximum atomic E-state index is 4.28. The molecule has 3 aromatic rings. The third-order valence-electron chi connectivity index (χ3n) is 3.82. The lowest BCUT2D eigenvalue weighted by Gasteiger charge is -2.12. The molecule has 0 aromatic carbocycles. The van der Waals surface area contributed by atoms with E-state index in [9.17, 15) is 0 Å². The molecular formula is C15H22N10. The van der Waals surface area contributed by atoms with Gasteiger partial charge in [0.25, 0.3) is 0 Å². The van der Waals surface area contributed by atoms with Crippen molar-refractivity contribution in [1.29, 1.82) is 0 Å². The van der Waals surface area contributed by atoms with Gasteiger partial charge in [0.05, 0.1) is 23.8 Å². The number of aromatic nitrogens is 6. The summed E-state index contributed by atoms with van der Waals surface area (Å²) >= 11 is 0. The fourth-order valence-electron chi connectivity index (χ4n) is 2.43. The van der Waals surface area contributed by atoms with Crippen molar-refractivity contribution >= 4 is 22.8 Å². The topological polar surface area (TPSA) is 110 Å². The molecule has 10 nitrogen and oxygen atoms in total. The summed E-state index contributed by atoms with van der Waals surface area (Å²) in [5.41, 5.74) is 1.89. The molecule has 0 spiro atoms. The van der Waals surface area contributed by atoms with Gasteiger partial charge in [0.2, 0.25) is 0 Å². The van der Waals surface area contributed by atoms with Gasteiger partial charge in [-0.1, -0.05) is 0 Å². The molecule has 0 aliphatic heterocycles. The maximum absolute atomic E-state index is 4.28. The number of rotatable bonds is 6. The molecule has 3 heterocycles. The Kier molecular flexibility index (Phi) is 5.07. The standard InChI is InChI=1S/C15H22N10/c1-16-15(19-8-11-4-5-22-24(11)2)18-7-6-17-13-12-9-23-25(3)14(12)21-10-20-13/h4-5,9-10H,6-8H2,1-3H3,(H2,16,18,19)(H,17,20,21). The van der Waals surface area contributed by atoms with Crippen LogP contribution in [0.25, 0.3) is 11.0 Å². The minimum absolute atomic E-state index is 0.659. The summed E-state index contributed by atoms with van der Waals surface area (Å²) in [6.07, 6.45) is 5.08. The highest BCUT2D eigenvalue weighted by Gasteiger charge is 2.07. The number of nitrogens with zero attached hydrogens (tertiary/aromatic N) is 7. The zero-order valence-corrected chi connectivity index (χ0v) is 14.6. The Hall–Kier alpha value is -3.17. The summed E-state index contributed by atoms with van der Waals surface area (Å²) < 4.78 is 3.56. The van der Waals surface area contributed by atoms with Crippen LogP contribution < -0.4 is 16.0 Å². The smallest absolute Gasteiger partial charge is 0.191 e. The number of nitrogens with one attached hydrogen (secondary N) is 3. The molecule has 25 heavy (non-hydrogen) atoms. The number of anilines is 1. The number of hydrogen-bond donors (Lipinski definition) is 3. The van der Waals surface area contributed by atoms with E-state index in [-0.39, 0.29) is 0 Å². The van der Waals surface area contributed by atoms with Gasteiger partial charge in [-0.05, 0) is 6.07 Å². The van der Waals surface area contributed by atoms with Crippen molar-refractivity contribution in [2.75, 3.05) is 25.5 Å². The van der Waals surface area contributed by atoms with E-state index in [2.05, 4.69) is 41.1 Å². The van der Waals surface area contributed by atoms with Crippen molar-refractivity contribution < 1.29 is 0 Å². The van der Waals surface area contributed by atoms with Gasteiger partial charge in [-0.3, -0.25) is 14.4 Å². The number of aliphatic imine (C=N–C) groups is 1. The minimum atomic E-state index is 0.659. The molecule has 0 saturated heterocycles. The molecule has 0 bridgehead atoms. The second kappa shape index (κ2) is 7.60. The fraction of sp³-hybridized carbons (Fsp3) is 0.400. The predicted molar refractivity (Wildman–Crippen MR) is 96.2 cm³/mol. The van der Waals surface area contributed by atoms with Crippen LogP contribution >= 0.6 is 0 Å². The molecule has 3 rings (SSSR count). The van der Waals surface area contributed by atoms with Crippen LogP contribution in [-0.2, 0) is 20.6 Å². The van der Waals surface area contributed by atoms with Gasteiger partial charge in [-0.25, -0.2) is 9.97 Å². The third-order valence-corrected chi connectivity index (χ3v) is 3.82. The van der Waals surface area contributed by atoms with Crippen LogP contribution in [0.5, 0.6) is 0 Å². The van der Waals surface area contributed by atoms with Crippen LogP contribution in [0.4, 0.5) is 5.82 Å². The molecular weight excluding hydrogens is 320 g/mol. The summed E-state index contributed by atoms with van der Waals surface area (Å²) in [7, 11) is 5.52. The molecule has 0 aliphatic rings. The SMILES string of the molecule is CN=C(NCCNc1ncnc2c1cnn2C)NCc1ccnn1C. The van der Waals surface area contributed by atoms with E-state index in [1.807, 2.05) is 24.8 Å². The van der Waals surface area contributed by atoms with E-state index >= 15 is 0 Å². The van der Waals surface area contributed by atoms with Gasteiger partial charge < -0.3 is 16.0 Å². The number of guanidine groups is 1. The van der Waals surface area contributed by atoms with Crippen molar-refractivity contribution in [3.05, 3.63) is 30.5 Å². The van der Waals surface area contributed by atoms with Gasteiger partial charge in [0.1, 0.15) is 12.1 Å². The van der Waals surface area contributed by atoms with Crippen molar-refractivity contribution in [3.8, 4) is 0 Å². The van der Waals surface area contributed by atoms with Crippen LogP contribution in [0, 0.1) is 0 Å². The van der Waals surface area contributed by atoms with E-state index < -0.39 is 0 Å². The van der Waals surface area contributed by atoms with E-state index in [1.165, 1.54) is 6.33 Å². The Labute approximate surface area is 145 Å². The molecule has 0 saturated carbocycles. The van der Waals surface area contributed by atoms with E-state index in [0.717, 1.165) is 28.5 Å². The normalized spacial score (nSPS) is 11.7. The lowest BCUT2D eigenvalue weighted by Crippen LogP contribution is -2.39. The molecule has 0 aliphatic carbocycles. The Morgan fingerprint density at radius 1 is 1.12 bits per heavy atom. The highest BCUT2D eigenvalue weighted by atomic mass is 15.3. The molecule has 132 valence electrons. The minimum Gasteiger partial charge on any atom is -0.368 e. The molecule has 0 fully saturated rings. The second-order valence-electron chi connectivity index (χ2n) is 5.45. The highest BCUT2D eigenvalue weighted by Crippen LogP contribution is 2.16. The first-order valence-electron chi connectivity index (χ1n) is 7.97. The first-order valence-corrected chi connectivity index (χ1v) is 7.97. The summed E-state index contributed by atoms with van der Waals surface area (Å²) in [5, 5.41) is 19.1. The monoisotopic (exact) mass is 342 g/mol. The summed E-state index contributed by atoms with van der Waals surface area (Å²) in [6, 6.07) is 1.97. The Balaban J connectivity index is 1.47. The maximum Gasteiger partial charge on any atom is 0.191 e.